The van der Waals surface area contributed by atoms with Gasteiger partial charge in [0.1, 0.15) is 0 Å². The maximum absolute atomic E-state index is 7.22. The molecule has 6 nitrogen and oxygen atoms in total. The van der Waals surface area contributed by atoms with Crippen molar-refractivity contribution in [2.24, 2.45) is 0 Å². The van der Waals surface area contributed by atoms with E-state index < -0.39 is 0 Å². The van der Waals surface area contributed by atoms with E-state index in [1.54, 1.807) is 0 Å². The number of ether oxygens (including phenoxy) is 2. The molecule has 342 valence electrons. The fourth-order valence-electron chi connectivity index (χ4n) is 10.7. The predicted octanol–water partition coefficient (Wildman–Crippen LogP) is 15.0. The van der Waals surface area contributed by atoms with Gasteiger partial charge >= 0.3 is 0 Å². The number of hydrogen-bond acceptors (Lipinski definition) is 6. The molecule has 0 spiro atoms. The van der Waals surface area contributed by atoms with Gasteiger partial charge in [0.2, 0.25) is 0 Å². The Labute approximate surface area is 408 Å². The Morgan fingerprint density at radius 1 is 0.377 bits per heavy atom. The molecule has 0 radical (unpaired) electrons. The van der Waals surface area contributed by atoms with Gasteiger partial charge in [-0.1, -0.05) is 168 Å². The summed E-state index contributed by atoms with van der Waals surface area (Å²) in [5.41, 5.74) is 19.2. The second-order valence-electron chi connectivity index (χ2n) is 23.6. The van der Waals surface area contributed by atoms with Crippen LogP contribution in [0.1, 0.15) is 105 Å². The van der Waals surface area contributed by atoms with Crippen LogP contribution < -0.4 is 35.7 Å². The normalized spacial score (nSPS) is 14.2. The molecule has 0 saturated carbocycles. The highest BCUT2D eigenvalue weighted by molar-refractivity contribution is 7.00. The van der Waals surface area contributed by atoms with Crippen LogP contribution in [-0.2, 0) is 21.7 Å². The topological polar surface area (TPSA) is 50.7 Å². The minimum absolute atomic E-state index is 0.0799. The molecular weight excluding hydrogens is 844 g/mol. The molecule has 0 bridgehead atoms. The summed E-state index contributed by atoms with van der Waals surface area (Å²) < 4.78 is 14.4. The molecule has 0 N–H and O–H groups in total. The largest absolute Gasteiger partial charge is 0.453 e. The molecule has 7 heteroatoms. The third-order valence-corrected chi connectivity index (χ3v) is 14.6. The zero-order chi connectivity index (χ0) is 48.1. The number of nitrogens with zero attached hydrogens (tertiary/aromatic N) is 4. The Kier molecular flexibility index (Phi) is 9.20. The summed E-state index contributed by atoms with van der Waals surface area (Å²) in [7, 11) is 0. The van der Waals surface area contributed by atoms with Crippen molar-refractivity contribution in [3.63, 3.8) is 0 Å². The van der Waals surface area contributed by atoms with Crippen LogP contribution >= 0.6 is 0 Å². The maximum Gasteiger partial charge on any atom is 0.252 e. The first-order valence-corrected chi connectivity index (χ1v) is 24.5. The van der Waals surface area contributed by atoms with Gasteiger partial charge in [-0.05, 0) is 115 Å². The summed E-state index contributed by atoms with van der Waals surface area (Å²) >= 11 is 0. The first-order valence-electron chi connectivity index (χ1n) is 24.5. The van der Waals surface area contributed by atoms with Crippen molar-refractivity contribution in [2.75, 3.05) is 9.80 Å². The minimum Gasteiger partial charge on any atom is -0.453 e. The Bertz CT molecular complexity index is 3220. The standard InChI is InChI=1S/C62H59BN4O2/c1-59(2,3)39-23-25-47-51(31-39)68-53-33-41(61(7,8)9)29-43-56(53)66(47)49-27-38(58-64-45(36-19-15-13-16-20-36)35-46(65-58)37-21-17-14-18-22-37)28-50-55(49)63(43)44-30-42(62(10,11)12)34-54-57(44)67(50)48-26-24-40(60(4,5)6)32-52(48)69-54/h13-35H,1-12H3. The number of anilines is 6. The van der Waals surface area contributed by atoms with E-state index >= 15 is 0 Å². The van der Waals surface area contributed by atoms with Crippen molar-refractivity contribution < 1.29 is 9.47 Å². The van der Waals surface area contributed by atoms with Crippen molar-refractivity contribution in [3.05, 3.63) is 162 Å². The molecule has 0 unspecified atom stereocenters. The first kappa shape index (κ1) is 43.2. The monoisotopic (exact) mass is 902 g/mol. The molecule has 4 aliphatic heterocycles. The van der Waals surface area contributed by atoms with Gasteiger partial charge in [0.15, 0.2) is 28.8 Å². The summed E-state index contributed by atoms with van der Waals surface area (Å²) in [6, 6.07) is 50.8. The van der Waals surface area contributed by atoms with E-state index in [1.807, 2.05) is 0 Å². The van der Waals surface area contributed by atoms with Gasteiger partial charge in [0.25, 0.3) is 6.71 Å². The van der Waals surface area contributed by atoms with Crippen molar-refractivity contribution >= 4 is 57.2 Å². The third kappa shape index (κ3) is 6.90. The van der Waals surface area contributed by atoms with Crippen LogP contribution in [0.25, 0.3) is 33.9 Å². The van der Waals surface area contributed by atoms with E-state index in [0.717, 1.165) is 85.2 Å². The summed E-state index contributed by atoms with van der Waals surface area (Å²) in [4.78, 5) is 15.9. The van der Waals surface area contributed by atoms with E-state index in [-0.39, 0.29) is 28.4 Å². The summed E-state index contributed by atoms with van der Waals surface area (Å²) in [5, 5.41) is 0. The summed E-state index contributed by atoms with van der Waals surface area (Å²) in [6.07, 6.45) is 0. The van der Waals surface area contributed by atoms with Crippen LogP contribution in [0, 0.1) is 0 Å². The fraction of sp³-hybridized carbons (Fsp3) is 0.258. The molecular formula is C62H59BN4O2. The molecule has 0 atom stereocenters. The molecule has 0 aliphatic carbocycles. The highest BCUT2D eigenvalue weighted by Crippen LogP contribution is 2.58. The number of fused-ring (bicyclic) bond motifs is 8. The Morgan fingerprint density at radius 3 is 1.16 bits per heavy atom. The number of rotatable bonds is 3. The lowest BCUT2D eigenvalue weighted by atomic mass is 9.33. The zero-order valence-electron chi connectivity index (χ0n) is 42.0. The molecule has 12 rings (SSSR count). The lowest BCUT2D eigenvalue weighted by Gasteiger charge is -2.48. The third-order valence-electron chi connectivity index (χ3n) is 14.6. The quantitative estimate of drug-likeness (QED) is 0.165. The molecule has 5 heterocycles. The summed E-state index contributed by atoms with van der Waals surface area (Å²) in [6.45, 7) is 27.3. The second kappa shape index (κ2) is 14.7. The van der Waals surface area contributed by atoms with Crippen LogP contribution in [0.4, 0.5) is 34.1 Å². The predicted molar refractivity (Wildman–Crippen MR) is 287 cm³/mol. The van der Waals surface area contributed by atoms with Crippen molar-refractivity contribution in [3.8, 4) is 56.9 Å². The van der Waals surface area contributed by atoms with Gasteiger partial charge < -0.3 is 19.3 Å². The van der Waals surface area contributed by atoms with Crippen LogP contribution in [0.5, 0.6) is 23.0 Å². The Morgan fingerprint density at radius 2 is 0.768 bits per heavy atom. The van der Waals surface area contributed by atoms with E-state index in [2.05, 4.69) is 232 Å². The van der Waals surface area contributed by atoms with Crippen LogP contribution in [0.3, 0.4) is 0 Å². The molecule has 0 fully saturated rings. The Balaban J connectivity index is 1.22. The molecule has 69 heavy (non-hydrogen) atoms. The zero-order valence-corrected chi connectivity index (χ0v) is 42.0. The Hall–Kier alpha value is -7.12. The minimum atomic E-state index is -0.155. The van der Waals surface area contributed by atoms with Gasteiger partial charge in [-0.3, -0.25) is 0 Å². The first-order chi connectivity index (χ1) is 32.7. The number of benzene rings is 7. The SMILES string of the molecule is CC(C)(C)c1ccc2c(c1)Oc1cc(C(C)(C)C)cc3c1N2c1cc(-c2nc(-c4ccccc4)cc(-c4ccccc4)n2)cc2c1B3c1cc(C(C)(C)C)cc3c1N2c1ccc(C(C)(C)C)cc1O3. The average molecular weight is 903 g/mol. The van der Waals surface area contributed by atoms with E-state index in [9.17, 15) is 0 Å². The van der Waals surface area contributed by atoms with Gasteiger partial charge in [-0.2, -0.15) is 0 Å². The van der Waals surface area contributed by atoms with Crippen molar-refractivity contribution in [1.82, 2.24) is 9.97 Å². The average Bonchev–Trinajstić information content (AvgIpc) is 3.31. The molecule has 7 aromatic carbocycles. The van der Waals surface area contributed by atoms with Gasteiger partial charge in [0.05, 0.1) is 34.1 Å². The molecule has 0 amide bonds. The lowest BCUT2D eigenvalue weighted by Crippen LogP contribution is -2.62. The van der Waals surface area contributed by atoms with Gasteiger partial charge in [0, 0.05) is 28.1 Å². The van der Waals surface area contributed by atoms with Crippen LogP contribution in [-0.4, -0.2) is 16.7 Å². The number of hydrogen-bond donors (Lipinski definition) is 0. The second-order valence-corrected chi connectivity index (χ2v) is 23.6. The van der Waals surface area contributed by atoms with Crippen LogP contribution in [0.15, 0.2) is 140 Å². The van der Waals surface area contributed by atoms with Gasteiger partial charge in [-0.25, -0.2) is 9.97 Å². The smallest absolute Gasteiger partial charge is 0.252 e. The van der Waals surface area contributed by atoms with Gasteiger partial charge in [-0.15, -0.1) is 0 Å². The van der Waals surface area contributed by atoms with E-state index in [0.29, 0.717) is 5.82 Å². The van der Waals surface area contributed by atoms with Crippen molar-refractivity contribution in [2.45, 2.75) is 105 Å². The van der Waals surface area contributed by atoms with Crippen molar-refractivity contribution in [1.29, 1.82) is 0 Å². The lowest BCUT2D eigenvalue weighted by molar-refractivity contribution is 0.469. The highest BCUT2D eigenvalue weighted by atomic mass is 16.5. The molecule has 0 saturated heterocycles. The summed E-state index contributed by atoms with van der Waals surface area (Å²) in [5.74, 6) is 4.07. The fourth-order valence-corrected chi connectivity index (χ4v) is 10.7. The van der Waals surface area contributed by atoms with E-state index in [4.69, 9.17) is 19.4 Å². The molecule has 4 aliphatic rings. The van der Waals surface area contributed by atoms with Crippen LogP contribution in [0.2, 0.25) is 0 Å². The highest BCUT2D eigenvalue weighted by Gasteiger charge is 2.49. The number of aromatic nitrogens is 2. The maximum atomic E-state index is 7.22. The molecule has 8 aromatic rings. The molecule has 1 aromatic heterocycles. The van der Waals surface area contributed by atoms with E-state index in [1.165, 1.54) is 38.6 Å².